The highest BCUT2D eigenvalue weighted by Crippen LogP contribution is 2.46. The van der Waals surface area contributed by atoms with E-state index < -0.39 is 0 Å². The van der Waals surface area contributed by atoms with Gasteiger partial charge in [0.15, 0.2) is 11.5 Å². The lowest BCUT2D eigenvalue weighted by molar-refractivity contribution is 1.21. The Morgan fingerprint density at radius 3 is 1.75 bits per heavy atom. The van der Waals surface area contributed by atoms with Crippen molar-refractivity contribution in [3.8, 4) is 56.0 Å². The Labute approximate surface area is 368 Å². The molecule has 0 aliphatic heterocycles. The molecule has 3 aromatic heterocycles. The average molecular weight is 813 g/mol. The Bertz CT molecular complexity index is 4060. The second kappa shape index (κ2) is 13.5. The first kappa shape index (κ1) is 35.2. The number of hydrogen-bond donors (Lipinski definition) is 0. The second-order valence-corrected chi connectivity index (χ2v) is 17.1. The van der Waals surface area contributed by atoms with Gasteiger partial charge < -0.3 is 0 Å². The second-order valence-electron chi connectivity index (χ2n) is 17.1. The van der Waals surface area contributed by atoms with E-state index in [2.05, 4.69) is 186 Å². The van der Waals surface area contributed by atoms with E-state index >= 15 is 0 Å². The van der Waals surface area contributed by atoms with Crippen molar-refractivity contribution in [2.24, 2.45) is 0 Å². The Kier molecular flexibility index (Phi) is 7.42. The summed E-state index contributed by atoms with van der Waals surface area (Å²) in [6, 6.07) is 74.6. The standard InChI is InChI=1S/C60H36N4/c1-3-14-36(15-4-1)57-56-49-23-11-12-25-53(49)64-54-31-29-41(35-52(54)61-60(64)58(56)63-59(62-57)37-16-5-2-6-17-37)43-24-13-18-42-32-40-27-26-38(33-50(40)55(42)43)39-28-30-48-46-21-8-7-19-44(46)45-20-9-10-22-47(45)51(48)34-39/h1-31,33-35H,32H2. The molecule has 64 heavy (non-hydrogen) atoms. The summed E-state index contributed by atoms with van der Waals surface area (Å²) < 4.78 is 2.29. The number of fused-ring (bicyclic) bond motifs is 17. The summed E-state index contributed by atoms with van der Waals surface area (Å²) in [7, 11) is 0. The SMILES string of the molecule is c1ccc(-c2nc(-c3ccccc3)c3c4ccccc4n4c5ccc(-c6cccc7c6-c6cc(-c8ccc9c%10ccccc%10c%10ccccc%10c9c8)ccc6C7)cc5nc4c3n2)cc1. The van der Waals surface area contributed by atoms with Crippen LogP contribution in [-0.4, -0.2) is 19.4 Å². The minimum Gasteiger partial charge on any atom is -0.290 e. The number of aromatic nitrogens is 4. The van der Waals surface area contributed by atoms with Crippen LogP contribution >= 0.6 is 0 Å². The van der Waals surface area contributed by atoms with Crippen LogP contribution in [0.5, 0.6) is 0 Å². The van der Waals surface area contributed by atoms with Crippen LogP contribution in [0.3, 0.4) is 0 Å². The molecule has 0 bridgehead atoms. The predicted octanol–water partition coefficient (Wildman–Crippen LogP) is 15.3. The third-order valence-corrected chi connectivity index (χ3v) is 13.6. The lowest BCUT2D eigenvalue weighted by Gasteiger charge is -2.14. The monoisotopic (exact) mass is 812 g/mol. The van der Waals surface area contributed by atoms with Gasteiger partial charge in [0.05, 0.1) is 22.2 Å². The summed E-state index contributed by atoms with van der Waals surface area (Å²) in [6.45, 7) is 0. The normalized spacial score (nSPS) is 12.3. The first-order chi connectivity index (χ1) is 31.7. The summed E-state index contributed by atoms with van der Waals surface area (Å²) in [5.74, 6) is 0.681. The van der Waals surface area contributed by atoms with Crippen molar-refractivity contribution in [2.45, 2.75) is 6.42 Å². The van der Waals surface area contributed by atoms with Crippen LogP contribution in [0.25, 0.3) is 127 Å². The lowest BCUT2D eigenvalue weighted by Crippen LogP contribution is -2.00. The highest BCUT2D eigenvalue weighted by Gasteiger charge is 2.25. The quantitative estimate of drug-likeness (QED) is 0.166. The number of hydrogen-bond acceptors (Lipinski definition) is 3. The Morgan fingerprint density at radius 2 is 0.984 bits per heavy atom. The van der Waals surface area contributed by atoms with Gasteiger partial charge in [-0.1, -0.05) is 176 Å². The van der Waals surface area contributed by atoms with Crippen LogP contribution in [0.1, 0.15) is 11.1 Å². The Morgan fingerprint density at radius 1 is 0.359 bits per heavy atom. The van der Waals surface area contributed by atoms with Gasteiger partial charge in [-0.25, -0.2) is 15.0 Å². The largest absolute Gasteiger partial charge is 0.290 e. The fourth-order valence-electron chi connectivity index (χ4n) is 10.7. The molecule has 0 fully saturated rings. The van der Waals surface area contributed by atoms with Gasteiger partial charge in [-0.3, -0.25) is 4.40 Å². The van der Waals surface area contributed by atoms with Crippen molar-refractivity contribution in [1.29, 1.82) is 0 Å². The molecule has 4 heteroatoms. The number of benzene rings is 10. The average Bonchev–Trinajstić information content (AvgIpc) is 3.95. The molecular formula is C60H36N4. The third-order valence-electron chi connectivity index (χ3n) is 13.6. The van der Waals surface area contributed by atoms with E-state index in [1.807, 2.05) is 24.3 Å². The van der Waals surface area contributed by atoms with E-state index in [-0.39, 0.29) is 0 Å². The molecule has 0 amide bonds. The molecule has 3 heterocycles. The van der Waals surface area contributed by atoms with Crippen LogP contribution < -0.4 is 0 Å². The van der Waals surface area contributed by atoms with Gasteiger partial charge in [0.25, 0.3) is 0 Å². The minimum absolute atomic E-state index is 0.681. The van der Waals surface area contributed by atoms with E-state index in [9.17, 15) is 0 Å². The summed E-state index contributed by atoms with van der Waals surface area (Å²) in [5.41, 5.74) is 17.8. The molecule has 0 atom stereocenters. The molecule has 1 aliphatic rings. The maximum atomic E-state index is 5.48. The Balaban J connectivity index is 0.949. The maximum Gasteiger partial charge on any atom is 0.165 e. The summed E-state index contributed by atoms with van der Waals surface area (Å²) in [4.78, 5) is 16.1. The molecule has 0 radical (unpaired) electrons. The molecular weight excluding hydrogens is 777 g/mol. The lowest BCUT2D eigenvalue weighted by atomic mass is 9.90. The zero-order valence-corrected chi connectivity index (χ0v) is 34.6. The van der Waals surface area contributed by atoms with Crippen molar-refractivity contribution in [3.63, 3.8) is 0 Å². The van der Waals surface area contributed by atoms with Crippen molar-refractivity contribution in [2.75, 3.05) is 0 Å². The van der Waals surface area contributed by atoms with Crippen LogP contribution in [0.15, 0.2) is 206 Å². The van der Waals surface area contributed by atoms with Crippen LogP contribution in [0.4, 0.5) is 0 Å². The van der Waals surface area contributed by atoms with E-state index in [0.717, 1.165) is 67.3 Å². The zero-order chi connectivity index (χ0) is 41.9. The fourth-order valence-corrected chi connectivity index (χ4v) is 10.7. The van der Waals surface area contributed by atoms with Crippen molar-refractivity contribution < 1.29 is 0 Å². The molecule has 296 valence electrons. The van der Waals surface area contributed by atoms with Gasteiger partial charge >= 0.3 is 0 Å². The molecule has 0 N–H and O–H groups in total. The van der Waals surface area contributed by atoms with E-state index in [1.165, 1.54) is 71.3 Å². The van der Waals surface area contributed by atoms with E-state index in [1.54, 1.807) is 0 Å². The number of pyridine rings is 1. The van der Waals surface area contributed by atoms with Crippen LogP contribution in [0, 0.1) is 0 Å². The van der Waals surface area contributed by atoms with E-state index in [4.69, 9.17) is 15.0 Å². The minimum atomic E-state index is 0.681. The topological polar surface area (TPSA) is 43.1 Å². The zero-order valence-electron chi connectivity index (χ0n) is 34.6. The molecule has 0 spiro atoms. The molecule has 0 saturated carbocycles. The molecule has 13 aromatic rings. The van der Waals surface area contributed by atoms with Crippen LogP contribution in [0.2, 0.25) is 0 Å². The van der Waals surface area contributed by atoms with Crippen molar-refractivity contribution >= 4 is 70.8 Å². The Hall–Kier alpha value is -8.47. The van der Waals surface area contributed by atoms with Crippen molar-refractivity contribution in [3.05, 3.63) is 217 Å². The first-order valence-corrected chi connectivity index (χ1v) is 22.0. The number of imidazole rings is 1. The molecule has 1 aliphatic carbocycles. The highest BCUT2D eigenvalue weighted by atomic mass is 15.0. The highest BCUT2D eigenvalue weighted by molar-refractivity contribution is 6.26. The number of nitrogens with zero attached hydrogens (tertiary/aromatic N) is 4. The van der Waals surface area contributed by atoms with Gasteiger partial charge in [-0.15, -0.1) is 0 Å². The van der Waals surface area contributed by atoms with Gasteiger partial charge in [-0.05, 0) is 114 Å². The summed E-state index contributed by atoms with van der Waals surface area (Å²) in [5, 5.41) is 9.84. The van der Waals surface area contributed by atoms with Gasteiger partial charge in [0.1, 0.15) is 5.52 Å². The van der Waals surface area contributed by atoms with Crippen molar-refractivity contribution in [1.82, 2.24) is 19.4 Å². The predicted molar refractivity (Wildman–Crippen MR) is 266 cm³/mol. The van der Waals surface area contributed by atoms with Gasteiger partial charge in [0, 0.05) is 21.9 Å². The smallest absolute Gasteiger partial charge is 0.165 e. The molecule has 0 saturated heterocycles. The molecule has 14 rings (SSSR count). The van der Waals surface area contributed by atoms with Crippen LogP contribution in [-0.2, 0) is 6.42 Å². The molecule has 4 nitrogen and oxygen atoms in total. The number of para-hydroxylation sites is 1. The van der Waals surface area contributed by atoms with Gasteiger partial charge in [0.2, 0.25) is 0 Å². The molecule has 10 aromatic carbocycles. The summed E-state index contributed by atoms with van der Waals surface area (Å²) in [6.07, 6.45) is 0.912. The van der Waals surface area contributed by atoms with Gasteiger partial charge in [-0.2, -0.15) is 0 Å². The first-order valence-electron chi connectivity index (χ1n) is 22.0. The third kappa shape index (κ3) is 5.14. The molecule has 0 unspecified atom stereocenters. The van der Waals surface area contributed by atoms with E-state index in [0.29, 0.717) is 5.82 Å². The fraction of sp³-hybridized carbons (Fsp3) is 0.0167. The maximum absolute atomic E-state index is 5.48. The summed E-state index contributed by atoms with van der Waals surface area (Å²) >= 11 is 0. The number of rotatable bonds is 4.